The van der Waals surface area contributed by atoms with Gasteiger partial charge in [-0.15, -0.1) is 0 Å². The number of carbonyl (C=O) groups excluding carboxylic acids is 2. The van der Waals surface area contributed by atoms with Crippen LogP contribution in [0.25, 0.3) is 0 Å². The Balaban J connectivity index is 1.93. The van der Waals surface area contributed by atoms with Gasteiger partial charge in [-0.2, -0.15) is 0 Å². The van der Waals surface area contributed by atoms with Gasteiger partial charge in [-0.3, -0.25) is 4.79 Å². The van der Waals surface area contributed by atoms with Gasteiger partial charge < -0.3 is 21.1 Å². The summed E-state index contributed by atoms with van der Waals surface area (Å²) in [6.45, 7) is 0.500. The van der Waals surface area contributed by atoms with Gasteiger partial charge in [-0.25, -0.2) is 9.18 Å². The number of piperidine rings is 1. The summed E-state index contributed by atoms with van der Waals surface area (Å²) in [6.07, 6.45) is 1.42. The number of nitrogens with zero attached hydrogens (tertiary/aromatic N) is 1. The highest BCUT2D eigenvalue weighted by atomic mass is 19.1. The van der Waals surface area contributed by atoms with E-state index in [2.05, 4.69) is 5.32 Å². The van der Waals surface area contributed by atoms with Crippen LogP contribution in [-0.2, 0) is 4.79 Å². The van der Waals surface area contributed by atoms with Crippen molar-refractivity contribution in [3.05, 3.63) is 35.6 Å². The third kappa shape index (κ3) is 3.94. The zero-order valence-electron chi connectivity index (χ0n) is 12.2. The highest BCUT2D eigenvalue weighted by Gasteiger charge is 2.29. The van der Waals surface area contributed by atoms with Gasteiger partial charge in [0.15, 0.2) is 0 Å². The van der Waals surface area contributed by atoms with E-state index in [4.69, 9.17) is 5.73 Å². The number of carbonyl (C=O) groups is 2. The number of amides is 3. The first kappa shape index (κ1) is 16.2. The monoisotopic (exact) mass is 309 g/mol. The van der Waals surface area contributed by atoms with E-state index in [0.29, 0.717) is 25.9 Å². The van der Waals surface area contributed by atoms with Crippen LogP contribution in [0.15, 0.2) is 24.3 Å². The summed E-state index contributed by atoms with van der Waals surface area (Å²) in [5.74, 6) is -0.405. The molecule has 0 aromatic heterocycles. The van der Waals surface area contributed by atoms with Crippen molar-refractivity contribution in [1.82, 2.24) is 10.2 Å². The van der Waals surface area contributed by atoms with Crippen molar-refractivity contribution in [2.75, 3.05) is 19.7 Å². The summed E-state index contributed by atoms with van der Waals surface area (Å²) >= 11 is 0. The van der Waals surface area contributed by atoms with Crippen LogP contribution in [0.5, 0.6) is 0 Å². The lowest BCUT2D eigenvalue weighted by Gasteiger charge is -2.34. The summed E-state index contributed by atoms with van der Waals surface area (Å²) in [6, 6.07) is 4.64. The molecule has 1 aromatic rings. The number of likely N-dealkylation sites (tertiary alicyclic amines) is 1. The first-order valence-corrected chi connectivity index (χ1v) is 7.22. The smallest absolute Gasteiger partial charge is 0.312 e. The van der Waals surface area contributed by atoms with Crippen LogP contribution in [0.2, 0.25) is 0 Å². The molecular weight excluding hydrogens is 289 g/mol. The van der Waals surface area contributed by atoms with Gasteiger partial charge in [0, 0.05) is 13.1 Å². The number of primary amides is 1. The maximum Gasteiger partial charge on any atom is 0.312 e. The Morgan fingerprint density at radius 2 is 2.09 bits per heavy atom. The Morgan fingerprint density at radius 3 is 2.64 bits per heavy atom. The summed E-state index contributed by atoms with van der Waals surface area (Å²) < 4.78 is 13.3. The number of urea groups is 1. The molecular formula is C15H20FN3O3. The molecule has 4 N–H and O–H groups in total. The summed E-state index contributed by atoms with van der Waals surface area (Å²) in [7, 11) is 0. The number of halogens is 1. The first-order chi connectivity index (χ1) is 10.5. The van der Waals surface area contributed by atoms with Gasteiger partial charge in [-0.1, -0.05) is 12.1 Å². The third-order valence-corrected chi connectivity index (χ3v) is 3.92. The lowest BCUT2D eigenvalue weighted by Crippen LogP contribution is -2.53. The Hall–Kier alpha value is -2.15. The number of nitrogens with one attached hydrogen (secondary N) is 1. The first-order valence-electron chi connectivity index (χ1n) is 7.22. The molecule has 0 bridgehead atoms. The van der Waals surface area contributed by atoms with Crippen LogP contribution >= 0.6 is 0 Å². The number of rotatable bonds is 4. The Bertz CT molecular complexity index is 545. The Morgan fingerprint density at radius 1 is 1.41 bits per heavy atom. The molecule has 1 saturated heterocycles. The van der Waals surface area contributed by atoms with Crippen LogP contribution in [0.4, 0.5) is 9.18 Å². The average molecular weight is 309 g/mol. The average Bonchev–Trinajstić information content (AvgIpc) is 2.52. The van der Waals surface area contributed by atoms with Gasteiger partial charge in [0.25, 0.3) is 0 Å². The van der Waals surface area contributed by atoms with Crippen LogP contribution in [-0.4, -0.2) is 47.7 Å². The second kappa shape index (κ2) is 7.22. The molecule has 0 spiro atoms. The normalized spacial score (nSPS) is 17.1. The topological polar surface area (TPSA) is 95.7 Å². The SMILES string of the molecule is NC(=O)NC(CO)C(=O)N1CCC(c2cccc(F)c2)CC1. The largest absolute Gasteiger partial charge is 0.394 e. The molecule has 1 aliphatic rings. The van der Waals surface area contributed by atoms with Crippen molar-refractivity contribution < 1.29 is 19.1 Å². The fraction of sp³-hybridized carbons (Fsp3) is 0.467. The summed E-state index contributed by atoms with van der Waals surface area (Å²) in [5.41, 5.74) is 5.91. The maximum atomic E-state index is 13.3. The van der Waals surface area contributed by atoms with E-state index in [1.54, 1.807) is 11.0 Å². The molecule has 0 radical (unpaired) electrons. The number of benzene rings is 1. The quantitative estimate of drug-likeness (QED) is 0.758. The summed E-state index contributed by atoms with van der Waals surface area (Å²) in [4.78, 5) is 24.6. The molecule has 1 unspecified atom stereocenters. The minimum Gasteiger partial charge on any atom is -0.394 e. The predicted octanol–water partition coefficient (Wildman–Crippen LogP) is 0.561. The standard InChI is InChI=1S/C15H20FN3O3/c16-12-3-1-2-11(8-12)10-4-6-19(7-5-10)14(21)13(9-20)18-15(17)22/h1-3,8,10,13,20H,4-7,9H2,(H3,17,18,22). The molecule has 6 nitrogen and oxygen atoms in total. The van der Waals surface area contributed by atoms with E-state index in [0.717, 1.165) is 5.56 Å². The van der Waals surface area contributed by atoms with Crippen LogP contribution in [0.3, 0.4) is 0 Å². The highest BCUT2D eigenvalue weighted by Crippen LogP contribution is 2.28. The number of hydrogen-bond acceptors (Lipinski definition) is 3. The van der Waals surface area contributed by atoms with Gasteiger partial charge in [0.1, 0.15) is 11.9 Å². The molecule has 0 aliphatic carbocycles. The van der Waals surface area contributed by atoms with Crippen LogP contribution < -0.4 is 11.1 Å². The van der Waals surface area contributed by atoms with Crippen molar-refractivity contribution in [1.29, 1.82) is 0 Å². The number of hydrogen-bond donors (Lipinski definition) is 3. The van der Waals surface area contributed by atoms with Gasteiger partial charge in [0.2, 0.25) is 5.91 Å². The molecule has 1 atom stereocenters. The Labute approximate surface area is 128 Å². The van der Waals surface area contributed by atoms with Crippen LogP contribution in [0.1, 0.15) is 24.3 Å². The lowest BCUT2D eigenvalue weighted by molar-refractivity contribution is -0.135. The molecule has 1 aliphatic heterocycles. The lowest BCUT2D eigenvalue weighted by atomic mass is 9.89. The molecule has 1 aromatic carbocycles. The van der Waals surface area contributed by atoms with Gasteiger partial charge >= 0.3 is 6.03 Å². The zero-order chi connectivity index (χ0) is 16.1. The molecule has 1 fully saturated rings. The molecule has 120 valence electrons. The maximum absolute atomic E-state index is 13.3. The fourth-order valence-corrected chi connectivity index (χ4v) is 2.77. The van der Waals surface area contributed by atoms with Crippen molar-refractivity contribution in [2.24, 2.45) is 5.73 Å². The minimum absolute atomic E-state index is 0.205. The third-order valence-electron chi connectivity index (χ3n) is 3.92. The molecule has 0 saturated carbocycles. The molecule has 7 heteroatoms. The zero-order valence-corrected chi connectivity index (χ0v) is 12.2. The summed E-state index contributed by atoms with van der Waals surface area (Å²) in [5, 5.41) is 11.4. The second-order valence-corrected chi connectivity index (χ2v) is 5.40. The van der Waals surface area contributed by atoms with E-state index in [9.17, 15) is 19.1 Å². The van der Waals surface area contributed by atoms with E-state index >= 15 is 0 Å². The van der Waals surface area contributed by atoms with Crippen molar-refractivity contribution >= 4 is 11.9 Å². The highest BCUT2D eigenvalue weighted by molar-refractivity contribution is 5.86. The molecule has 3 amide bonds. The minimum atomic E-state index is -1.01. The Kier molecular flexibility index (Phi) is 5.32. The van der Waals surface area contributed by atoms with E-state index in [1.807, 2.05) is 6.07 Å². The van der Waals surface area contributed by atoms with Crippen LogP contribution in [0, 0.1) is 5.82 Å². The molecule has 2 rings (SSSR count). The number of aliphatic hydroxyl groups excluding tert-OH is 1. The van der Waals surface area contributed by atoms with E-state index in [1.165, 1.54) is 12.1 Å². The molecule has 1 heterocycles. The van der Waals surface area contributed by atoms with Gasteiger partial charge in [-0.05, 0) is 36.5 Å². The van der Waals surface area contributed by atoms with E-state index in [-0.39, 0.29) is 17.6 Å². The second-order valence-electron chi connectivity index (χ2n) is 5.40. The predicted molar refractivity (Wildman–Crippen MR) is 78.5 cm³/mol. The van der Waals surface area contributed by atoms with E-state index < -0.39 is 18.7 Å². The van der Waals surface area contributed by atoms with Gasteiger partial charge in [0.05, 0.1) is 6.61 Å². The fourth-order valence-electron chi connectivity index (χ4n) is 2.77. The van der Waals surface area contributed by atoms with Crippen molar-refractivity contribution in [3.63, 3.8) is 0 Å². The molecule has 22 heavy (non-hydrogen) atoms. The number of aliphatic hydroxyl groups is 1. The number of nitrogens with two attached hydrogens (primary N) is 1. The van der Waals surface area contributed by atoms with Crippen molar-refractivity contribution in [2.45, 2.75) is 24.8 Å². The van der Waals surface area contributed by atoms with Crippen molar-refractivity contribution in [3.8, 4) is 0 Å².